The Hall–Kier alpha value is -1.87. The Morgan fingerprint density at radius 1 is 1.21 bits per heavy atom. The van der Waals surface area contributed by atoms with Crippen LogP contribution in [0.25, 0.3) is 11.3 Å². The van der Waals surface area contributed by atoms with E-state index in [-0.39, 0.29) is 0 Å². The summed E-state index contributed by atoms with van der Waals surface area (Å²) < 4.78 is 5.44. The lowest BCUT2D eigenvalue weighted by Gasteiger charge is -2.15. The molecule has 0 aliphatic rings. The Balaban J connectivity index is 1.53. The van der Waals surface area contributed by atoms with Crippen LogP contribution < -0.4 is 4.74 Å². The van der Waals surface area contributed by atoms with E-state index in [2.05, 4.69) is 15.2 Å². The van der Waals surface area contributed by atoms with Crippen LogP contribution in [0.3, 0.4) is 0 Å². The van der Waals surface area contributed by atoms with Gasteiger partial charge < -0.3 is 9.84 Å². The average molecular weight is 470 g/mol. The van der Waals surface area contributed by atoms with Crippen molar-refractivity contribution < 1.29 is 14.6 Å². The maximum absolute atomic E-state index is 11.2. The van der Waals surface area contributed by atoms with Gasteiger partial charge in [-0.2, -0.15) is 0 Å². The molecular weight excluding hydrogens is 453 g/mol. The zero-order valence-electron chi connectivity index (χ0n) is 15.6. The molecule has 6 nitrogen and oxygen atoms in total. The number of aromatic nitrogens is 3. The van der Waals surface area contributed by atoms with Gasteiger partial charge in [0.15, 0.2) is 4.34 Å². The second-order valence-corrected chi connectivity index (χ2v) is 10.0. The smallest absolute Gasteiger partial charge is 0.319 e. The molecule has 2 heterocycles. The van der Waals surface area contributed by atoms with E-state index in [1.807, 2.05) is 11.4 Å². The molecule has 0 aliphatic heterocycles. The normalized spacial score (nSPS) is 11.4. The quantitative estimate of drug-likeness (QED) is 0.436. The highest BCUT2D eigenvalue weighted by molar-refractivity contribution is 8.02. The second kappa shape index (κ2) is 9.30. The Morgan fingerprint density at radius 2 is 2.00 bits per heavy atom. The molecule has 0 bridgehead atoms. The van der Waals surface area contributed by atoms with Crippen LogP contribution in [-0.2, 0) is 11.2 Å². The van der Waals surface area contributed by atoms with E-state index < -0.39 is 10.7 Å². The summed E-state index contributed by atoms with van der Waals surface area (Å²) >= 11 is 14.6. The molecule has 152 valence electrons. The van der Waals surface area contributed by atoms with Gasteiger partial charge in [-0.3, -0.25) is 4.79 Å². The summed E-state index contributed by atoms with van der Waals surface area (Å²) in [5.74, 6) is -0.462. The minimum atomic E-state index is -0.919. The minimum Gasteiger partial charge on any atom is -0.480 e. The van der Waals surface area contributed by atoms with E-state index in [1.165, 1.54) is 23.1 Å². The van der Waals surface area contributed by atoms with E-state index in [4.69, 9.17) is 27.9 Å². The monoisotopic (exact) mass is 469 g/mol. The standard InChI is InChI=1S/C19H17Cl2N3O3S2/c1-19(2,17(25)26)29-18-22-12(10-28-18)7-8-27-16-6-5-15(23-24-16)11-3-4-13(20)14(21)9-11/h3-6,9-10H,7-8H2,1-2H3,(H,25,26). The van der Waals surface area contributed by atoms with Gasteiger partial charge in [-0.1, -0.05) is 41.0 Å². The Labute approximate surface area is 186 Å². The maximum atomic E-state index is 11.2. The predicted octanol–water partition coefficient (Wildman–Crippen LogP) is 5.48. The van der Waals surface area contributed by atoms with Crippen molar-refractivity contribution in [1.82, 2.24) is 15.2 Å². The molecule has 0 saturated heterocycles. The third-order valence-corrected chi connectivity index (χ3v) is 6.76. The lowest BCUT2D eigenvalue weighted by atomic mass is 10.1. The van der Waals surface area contributed by atoms with Crippen molar-refractivity contribution in [3.05, 3.63) is 51.5 Å². The third-order valence-electron chi connectivity index (χ3n) is 3.85. The van der Waals surface area contributed by atoms with Crippen LogP contribution in [0.4, 0.5) is 0 Å². The number of carboxylic acids is 1. The van der Waals surface area contributed by atoms with Gasteiger partial charge in [-0.05, 0) is 32.0 Å². The molecule has 0 radical (unpaired) electrons. The first-order chi connectivity index (χ1) is 13.7. The number of hydrogen-bond acceptors (Lipinski definition) is 7. The number of carbonyl (C=O) groups is 1. The minimum absolute atomic E-state index is 0.386. The molecule has 29 heavy (non-hydrogen) atoms. The van der Waals surface area contributed by atoms with E-state index in [9.17, 15) is 9.90 Å². The maximum Gasteiger partial charge on any atom is 0.319 e. The SMILES string of the molecule is CC(C)(Sc1nc(CCOc2ccc(-c3ccc(Cl)c(Cl)c3)nn2)cs1)C(=O)O. The van der Waals surface area contributed by atoms with Gasteiger partial charge >= 0.3 is 5.97 Å². The first kappa shape index (κ1) is 21.8. The Morgan fingerprint density at radius 3 is 2.66 bits per heavy atom. The van der Waals surface area contributed by atoms with Crippen molar-refractivity contribution in [1.29, 1.82) is 0 Å². The van der Waals surface area contributed by atoms with Crippen molar-refractivity contribution >= 4 is 52.3 Å². The van der Waals surface area contributed by atoms with Crippen LogP contribution in [0.5, 0.6) is 5.88 Å². The van der Waals surface area contributed by atoms with E-state index in [1.54, 1.807) is 38.1 Å². The molecule has 1 N–H and O–H groups in total. The predicted molar refractivity (Wildman–Crippen MR) is 116 cm³/mol. The molecule has 0 spiro atoms. The first-order valence-electron chi connectivity index (χ1n) is 8.53. The lowest BCUT2D eigenvalue weighted by molar-refractivity contribution is -0.138. The van der Waals surface area contributed by atoms with Gasteiger partial charge in [-0.15, -0.1) is 21.5 Å². The second-order valence-electron chi connectivity index (χ2n) is 6.51. The van der Waals surface area contributed by atoms with Crippen LogP contribution in [0.2, 0.25) is 10.0 Å². The van der Waals surface area contributed by atoms with Crippen LogP contribution in [0, 0.1) is 0 Å². The zero-order valence-corrected chi connectivity index (χ0v) is 18.7. The van der Waals surface area contributed by atoms with E-state index in [0.29, 0.717) is 34.6 Å². The van der Waals surface area contributed by atoms with Crippen molar-refractivity contribution in [2.45, 2.75) is 29.4 Å². The lowest BCUT2D eigenvalue weighted by Crippen LogP contribution is -2.26. The number of benzene rings is 1. The number of halogens is 2. The highest BCUT2D eigenvalue weighted by atomic mass is 35.5. The Kier molecular flexibility index (Phi) is 7.00. The van der Waals surface area contributed by atoms with Crippen molar-refractivity contribution in [3.63, 3.8) is 0 Å². The number of rotatable bonds is 8. The summed E-state index contributed by atoms with van der Waals surface area (Å²) in [5, 5.41) is 20.3. The largest absolute Gasteiger partial charge is 0.480 e. The van der Waals surface area contributed by atoms with Crippen LogP contribution in [-0.4, -0.2) is 37.6 Å². The fraction of sp³-hybridized carbons (Fsp3) is 0.263. The van der Waals surface area contributed by atoms with Gasteiger partial charge in [0.05, 0.1) is 28.0 Å². The number of aliphatic carboxylic acids is 1. The summed E-state index contributed by atoms with van der Waals surface area (Å²) in [4.78, 5) is 15.7. The van der Waals surface area contributed by atoms with Crippen LogP contribution in [0.15, 0.2) is 40.1 Å². The zero-order chi connectivity index (χ0) is 21.0. The first-order valence-corrected chi connectivity index (χ1v) is 11.0. The van der Waals surface area contributed by atoms with Gasteiger partial charge in [0.2, 0.25) is 5.88 Å². The number of thiazole rings is 1. The topological polar surface area (TPSA) is 85.2 Å². The van der Waals surface area contributed by atoms with Crippen molar-refractivity contribution in [3.8, 4) is 17.1 Å². The van der Waals surface area contributed by atoms with Crippen molar-refractivity contribution in [2.75, 3.05) is 6.61 Å². The van der Waals surface area contributed by atoms with E-state index in [0.717, 1.165) is 15.6 Å². The molecular formula is C19H17Cl2N3O3S2. The summed E-state index contributed by atoms with van der Waals surface area (Å²) in [5.41, 5.74) is 2.33. The highest BCUT2D eigenvalue weighted by Gasteiger charge is 2.29. The molecule has 0 fully saturated rings. The van der Waals surface area contributed by atoms with Crippen LogP contribution >= 0.6 is 46.3 Å². The number of thioether (sulfide) groups is 1. The molecule has 0 saturated carbocycles. The average Bonchev–Trinajstić information content (AvgIpc) is 3.11. The fourth-order valence-electron chi connectivity index (χ4n) is 2.18. The molecule has 0 atom stereocenters. The fourth-order valence-corrected chi connectivity index (χ4v) is 4.70. The Bertz CT molecular complexity index is 1010. The number of hydrogen-bond donors (Lipinski definition) is 1. The molecule has 0 unspecified atom stereocenters. The molecule has 0 amide bonds. The molecule has 0 aliphatic carbocycles. The van der Waals surface area contributed by atoms with Crippen molar-refractivity contribution in [2.24, 2.45) is 0 Å². The van der Waals surface area contributed by atoms with Crippen LogP contribution in [0.1, 0.15) is 19.5 Å². The van der Waals surface area contributed by atoms with Gasteiger partial charge in [-0.25, -0.2) is 4.98 Å². The molecule has 2 aromatic heterocycles. The molecule has 10 heteroatoms. The molecule has 1 aromatic carbocycles. The number of carboxylic acid groups (broad SMARTS) is 1. The molecule has 3 rings (SSSR count). The van der Waals surface area contributed by atoms with E-state index >= 15 is 0 Å². The van der Waals surface area contributed by atoms with Gasteiger partial charge in [0, 0.05) is 23.4 Å². The number of nitrogens with zero attached hydrogens (tertiary/aromatic N) is 3. The highest BCUT2D eigenvalue weighted by Crippen LogP contribution is 2.34. The summed E-state index contributed by atoms with van der Waals surface area (Å²) in [6.07, 6.45) is 0.584. The molecule has 3 aromatic rings. The summed E-state index contributed by atoms with van der Waals surface area (Å²) in [6.45, 7) is 3.70. The number of ether oxygens (including phenoxy) is 1. The summed E-state index contributed by atoms with van der Waals surface area (Å²) in [6, 6.07) is 8.81. The summed E-state index contributed by atoms with van der Waals surface area (Å²) in [7, 11) is 0. The van der Waals surface area contributed by atoms with Gasteiger partial charge in [0.25, 0.3) is 0 Å². The third kappa shape index (κ3) is 5.82. The van der Waals surface area contributed by atoms with Gasteiger partial charge in [0.1, 0.15) is 4.75 Å².